The van der Waals surface area contributed by atoms with Crippen molar-refractivity contribution in [1.29, 1.82) is 0 Å². The van der Waals surface area contributed by atoms with Gasteiger partial charge < -0.3 is 30.5 Å². The van der Waals surface area contributed by atoms with Crippen LogP contribution in [0, 0.1) is 12.7 Å². The normalized spacial score (nSPS) is 23.5. The molecule has 3 aliphatic heterocycles. The second-order valence-electron chi connectivity index (χ2n) is 10.0. The third-order valence-electron chi connectivity index (χ3n) is 7.45. The molecule has 11 nitrogen and oxygen atoms in total. The van der Waals surface area contributed by atoms with E-state index in [1.165, 1.54) is 6.07 Å². The number of benzene rings is 1. The van der Waals surface area contributed by atoms with Gasteiger partial charge in [-0.25, -0.2) is 9.07 Å². The van der Waals surface area contributed by atoms with Crippen molar-refractivity contribution >= 4 is 23.5 Å². The first-order chi connectivity index (χ1) is 18.4. The van der Waals surface area contributed by atoms with Crippen LogP contribution in [-0.2, 0) is 0 Å². The third kappa shape index (κ3) is 4.66. The van der Waals surface area contributed by atoms with Gasteiger partial charge in [0.05, 0.1) is 35.8 Å². The van der Waals surface area contributed by atoms with Crippen LogP contribution in [-0.4, -0.2) is 99.0 Å². The van der Waals surface area contributed by atoms with E-state index in [1.807, 2.05) is 13.0 Å². The number of anilines is 3. The quantitative estimate of drug-likeness (QED) is 0.443. The van der Waals surface area contributed by atoms with Gasteiger partial charge in [-0.15, -0.1) is 0 Å². The Labute approximate surface area is 219 Å². The minimum absolute atomic E-state index is 0.0940. The maximum absolute atomic E-state index is 13.8. The number of fused-ring (bicyclic) bond motifs is 3. The van der Waals surface area contributed by atoms with Crippen molar-refractivity contribution in [3.8, 4) is 11.6 Å². The summed E-state index contributed by atoms with van der Waals surface area (Å²) in [6.45, 7) is 6.39. The lowest BCUT2D eigenvalue weighted by molar-refractivity contribution is 0.0572. The molecule has 0 aliphatic carbocycles. The van der Waals surface area contributed by atoms with E-state index in [0.717, 1.165) is 48.9 Å². The van der Waals surface area contributed by atoms with Crippen LogP contribution in [0.25, 0.3) is 11.9 Å². The summed E-state index contributed by atoms with van der Waals surface area (Å²) in [7, 11) is 0. The molecule has 4 N–H and O–H groups in total. The number of piperazine rings is 1. The van der Waals surface area contributed by atoms with E-state index >= 15 is 0 Å². The highest BCUT2D eigenvalue weighted by Crippen LogP contribution is 2.35. The van der Waals surface area contributed by atoms with Crippen molar-refractivity contribution in [2.75, 3.05) is 61.4 Å². The van der Waals surface area contributed by atoms with Crippen molar-refractivity contribution in [3.05, 3.63) is 53.6 Å². The van der Waals surface area contributed by atoms with Gasteiger partial charge in [0.2, 0.25) is 5.95 Å². The molecule has 0 bridgehead atoms. The van der Waals surface area contributed by atoms with Crippen molar-refractivity contribution in [3.63, 3.8) is 0 Å². The van der Waals surface area contributed by atoms with Gasteiger partial charge in [0.25, 0.3) is 0 Å². The summed E-state index contributed by atoms with van der Waals surface area (Å²) in [6.07, 6.45) is 4.29. The number of nitrogens with zero attached hydrogens (tertiary/aromatic N) is 7. The molecule has 1 aromatic carbocycles. The number of nitrogens with two attached hydrogens (primary N) is 1. The van der Waals surface area contributed by atoms with Gasteiger partial charge in [-0.3, -0.25) is 4.90 Å². The van der Waals surface area contributed by atoms with Gasteiger partial charge in [-0.2, -0.15) is 15.1 Å². The standard InChI is InChI=1S/C26H31FN8O3/c1-16-17(11-29-35(16)25-10-24(30-26(28)31-25)33-13-21(36)22(37)14-33)3-2-6-32-7-8-34-19(12-32)15-38-23-5-4-18(27)9-20(23)34/h2-5,9-11,19,21-22,36-37H,6-8,12-15H2,1H3,(H2,28,30,31)/b3-2+/t19?,21-,22-/m0/s1. The number of aliphatic hydroxyl groups excluding tert-OH is 2. The fourth-order valence-electron chi connectivity index (χ4n) is 5.38. The molecule has 3 aliphatic rings. The maximum Gasteiger partial charge on any atom is 0.224 e. The molecule has 1 unspecified atom stereocenters. The predicted octanol–water partition coefficient (Wildman–Crippen LogP) is 0.830. The zero-order chi connectivity index (χ0) is 26.4. The number of β-amino-alcohol motifs (C(OH)–C–C–N with tert-alkyl or cyclic N) is 2. The average Bonchev–Trinajstić information content (AvgIpc) is 3.44. The Morgan fingerprint density at radius 2 is 1.89 bits per heavy atom. The highest BCUT2D eigenvalue weighted by molar-refractivity contribution is 5.61. The molecule has 5 heterocycles. The van der Waals surface area contributed by atoms with Crippen LogP contribution in [0.5, 0.6) is 5.75 Å². The van der Waals surface area contributed by atoms with Crippen LogP contribution < -0.4 is 20.3 Å². The predicted molar refractivity (Wildman–Crippen MR) is 141 cm³/mol. The Morgan fingerprint density at radius 3 is 2.71 bits per heavy atom. The van der Waals surface area contributed by atoms with Crippen LogP contribution in [0.2, 0.25) is 0 Å². The number of aromatic nitrogens is 4. The molecular weight excluding hydrogens is 491 g/mol. The molecule has 0 radical (unpaired) electrons. The van der Waals surface area contributed by atoms with E-state index < -0.39 is 12.2 Å². The molecule has 3 atom stereocenters. The Balaban J connectivity index is 1.12. The molecule has 6 rings (SSSR count). The van der Waals surface area contributed by atoms with E-state index in [1.54, 1.807) is 34.0 Å². The summed E-state index contributed by atoms with van der Waals surface area (Å²) in [5, 5.41) is 24.3. The Hall–Kier alpha value is -3.74. The number of rotatable bonds is 5. The topological polar surface area (TPSA) is 129 Å². The fraction of sp³-hybridized carbons (Fsp3) is 0.423. The number of aliphatic hydroxyl groups is 2. The molecule has 12 heteroatoms. The lowest BCUT2D eigenvalue weighted by atomic mass is 10.1. The summed E-state index contributed by atoms with van der Waals surface area (Å²) in [5.41, 5.74) is 8.66. The molecule has 2 fully saturated rings. The van der Waals surface area contributed by atoms with Gasteiger partial charge in [-0.1, -0.05) is 12.2 Å². The van der Waals surface area contributed by atoms with Gasteiger partial charge in [0, 0.05) is 57.0 Å². The van der Waals surface area contributed by atoms with Gasteiger partial charge in [-0.05, 0) is 19.1 Å². The van der Waals surface area contributed by atoms with Crippen molar-refractivity contribution < 1.29 is 19.3 Å². The lowest BCUT2D eigenvalue weighted by Crippen LogP contribution is -2.57. The van der Waals surface area contributed by atoms with Crippen LogP contribution in [0.3, 0.4) is 0 Å². The number of hydrogen-bond acceptors (Lipinski definition) is 10. The summed E-state index contributed by atoms with van der Waals surface area (Å²) >= 11 is 0. The van der Waals surface area contributed by atoms with Crippen LogP contribution in [0.1, 0.15) is 11.3 Å². The molecule has 0 spiro atoms. The molecule has 0 saturated carbocycles. The largest absolute Gasteiger partial charge is 0.489 e. The zero-order valence-corrected chi connectivity index (χ0v) is 21.1. The fourth-order valence-corrected chi connectivity index (χ4v) is 5.38. The second kappa shape index (κ2) is 9.86. The summed E-state index contributed by atoms with van der Waals surface area (Å²) < 4.78 is 21.4. The van der Waals surface area contributed by atoms with E-state index in [9.17, 15) is 14.6 Å². The Kier molecular flexibility index (Phi) is 6.38. The minimum Gasteiger partial charge on any atom is -0.489 e. The molecular formula is C26H31FN8O3. The summed E-state index contributed by atoms with van der Waals surface area (Å²) in [5.74, 6) is 1.65. The zero-order valence-electron chi connectivity index (χ0n) is 21.1. The highest BCUT2D eigenvalue weighted by atomic mass is 19.1. The van der Waals surface area contributed by atoms with Crippen LogP contribution in [0.4, 0.5) is 21.8 Å². The molecule has 2 aromatic heterocycles. The molecule has 38 heavy (non-hydrogen) atoms. The first-order valence-electron chi connectivity index (χ1n) is 12.7. The summed E-state index contributed by atoms with van der Waals surface area (Å²) in [6, 6.07) is 6.64. The molecule has 200 valence electrons. The van der Waals surface area contributed by atoms with Crippen molar-refractivity contribution in [1.82, 2.24) is 24.6 Å². The minimum atomic E-state index is -0.828. The van der Waals surface area contributed by atoms with Crippen LogP contribution >= 0.6 is 0 Å². The van der Waals surface area contributed by atoms with E-state index in [4.69, 9.17) is 10.5 Å². The van der Waals surface area contributed by atoms with E-state index in [-0.39, 0.29) is 30.9 Å². The van der Waals surface area contributed by atoms with Gasteiger partial charge in [0.1, 0.15) is 24.0 Å². The highest BCUT2D eigenvalue weighted by Gasteiger charge is 2.33. The van der Waals surface area contributed by atoms with Gasteiger partial charge in [0.15, 0.2) is 5.82 Å². The Morgan fingerprint density at radius 1 is 1.11 bits per heavy atom. The number of halogens is 1. The van der Waals surface area contributed by atoms with Crippen molar-refractivity contribution in [2.45, 2.75) is 25.2 Å². The number of ether oxygens (including phenoxy) is 1. The lowest BCUT2D eigenvalue weighted by Gasteiger charge is -2.45. The van der Waals surface area contributed by atoms with Crippen molar-refractivity contribution in [2.24, 2.45) is 0 Å². The number of hydrogen-bond donors (Lipinski definition) is 3. The van der Waals surface area contributed by atoms with E-state index in [2.05, 4.69) is 30.9 Å². The summed E-state index contributed by atoms with van der Waals surface area (Å²) in [4.78, 5) is 15.0. The monoisotopic (exact) mass is 522 g/mol. The maximum atomic E-state index is 13.8. The third-order valence-corrected chi connectivity index (χ3v) is 7.45. The van der Waals surface area contributed by atoms with Crippen LogP contribution in [0.15, 0.2) is 36.5 Å². The average molecular weight is 523 g/mol. The molecule has 0 amide bonds. The second-order valence-corrected chi connectivity index (χ2v) is 10.0. The smallest absolute Gasteiger partial charge is 0.224 e. The number of nitrogen functional groups attached to an aromatic ring is 1. The first kappa shape index (κ1) is 24.6. The SMILES string of the molecule is Cc1c(/C=C/CN2CCN3c4cc(F)ccc4OCC3C2)cnn1-c1cc(N2C[C@H](O)[C@@H](O)C2)nc(N)n1. The van der Waals surface area contributed by atoms with E-state index in [0.29, 0.717) is 18.2 Å². The Bertz CT molecular complexity index is 1350. The van der Waals surface area contributed by atoms with Gasteiger partial charge >= 0.3 is 0 Å². The first-order valence-corrected chi connectivity index (χ1v) is 12.7. The molecule has 3 aromatic rings. The molecule has 2 saturated heterocycles.